The van der Waals surface area contributed by atoms with Crippen LogP contribution in [-0.2, 0) is 10.0 Å². The van der Waals surface area contributed by atoms with Gasteiger partial charge in [-0.25, -0.2) is 8.42 Å². The SMILES string of the molecule is C=C(C)NS(=O)(=O)c1ccc(C)cc1. The summed E-state index contributed by atoms with van der Waals surface area (Å²) in [5.74, 6) is 0. The first-order valence-electron chi connectivity index (χ1n) is 4.17. The maximum Gasteiger partial charge on any atom is 0.261 e. The summed E-state index contributed by atoms with van der Waals surface area (Å²) in [5, 5.41) is 0. The van der Waals surface area contributed by atoms with E-state index in [0.717, 1.165) is 5.56 Å². The minimum Gasteiger partial charge on any atom is -0.284 e. The lowest BCUT2D eigenvalue weighted by Gasteiger charge is -2.06. The number of hydrogen-bond donors (Lipinski definition) is 1. The highest BCUT2D eigenvalue weighted by Crippen LogP contribution is 2.10. The predicted molar refractivity (Wildman–Crippen MR) is 56.3 cm³/mol. The van der Waals surface area contributed by atoms with Crippen LogP contribution in [0.2, 0.25) is 0 Å². The third-order valence-corrected chi connectivity index (χ3v) is 3.15. The van der Waals surface area contributed by atoms with Crippen molar-refractivity contribution in [1.82, 2.24) is 4.72 Å². The molecule has 1 aromatic rings. The number of aryl methyl sites for hydroxylation is 1. The Kier molecular flexibility index (Phi) is 2.96. The second kappa shape index (κ2) is 3.84. The molecule has 0 amide bonds. The first-order valence-corrected chi connectivity index (χ1v) is 5.65. The van der Waals surface area contributed by atoms with Gasteiger partial charge >= 0.3 is 0 Å². The fraction of sp³-hybridized carbons (Fsp3) is 0.200. The van der Waals surface area contributed by atoms with E-state index < -0.39 is 10.0 Å². The number of nitrogens with one attached hydrogen (secondary N) is 1. The Morgan fingerprint density at radius 1 is 1.29 bits per heavy atom. The van der Waals surface area contributed by atoms with E-state index in [2.05, 4.69) is 11.3 Å². The molecule has 76 valence electrons. The maximum atomic E-state index is 11.6. The molecule has 0 spiro atoms. The molecule has 0 atom stereocenters. The Bertz CT molecular complexity index is 432. The first-order chi connectivity index (χ1) is 6.42. The molecule has 0 radical (unpaired) electrons. The summed E-state index contributed by atoms with van der Waals surface area (Å²) in [7, 11) is -3.43. The lowest BCUT2D eigenvalue weighted by Crippen LogP contribution is -2.21. The zero-order valence-corrected chi connectivity index (χ0v) is 9.06. The molecule has 1 N–H and O–H groups in total. The van der Waals surface area contributed by atoms with Crippen LogP contribution < -0.4 is 4.72 Å². The normalized spacial score (nSPS) is 11.0. The summed E-state index contributed by atoms with van der Waals surface area (Å²) in [6.07, 6.45) is 0. The van der Waals surface area contributed by atoms with E-state index >= 15 is 0 Å². The summed E-state index contributed by atoms with van der Waals surface area (Å²) in [5.41, 5.74) is 1.44. The molecule has 0 aromatic heterocycles. The molecule has 0 saturated heterocycles. The minimum atomic E-state index is -3.43. The van der Waals surface area contributed by atoms with Crippen LogP contribution >= 0.6 is 0 Å². The van der Waals surface area contributed by atoms with Gasteiger partial charge in [0.1, 0.15) is 0 Å². The molecule has 0 unspecified atom stereocenters. The molecule has 0 bridgehead atoms. The van der Waals surface area contributed by atoms with Crippen molar-refractivity contribution >= 4 is 10.0 Å². The van der Waals surface area contributed by atoms with Crippen LogP contribution in [0.1, 0.15) is 12.5 Å². The quantitative estimate of drug-likeness (QED) is 0.828. The molecule has 14 heavy (non-hydrogen) atoms. The van der Waals surface area contributed by atoms with Gasteiger partial charge in [0.25, 0.3) is 10.0 Å². The Hall–Kier alpha value is -1.29. The molecular weight excluding hydrogens is 198 g/mol. The number of allylic oxidation sites excluding steroid dienone is 1. The molecule has 1 rings (SSSR count). The molecule has 0 aliphatic rings. The van der Waals surface area contributed by atoms with Crippen molar-refractivity contribution < 1.29 is 8.42 Å². The van der Waals surface area contributed by atoms with E-state index in [1.54, 1.807) is 31.2 Å². The van der Waals surface area contributed by atoms with E-state index in [1.807, 2.05) is 6.92 Å². The zero-order chi connectivity index (χ0) is 10.8. The van der Waals surface area contributed by atoms with Gasteiger partial charge in [-0.2, -0.15) is 0 Å². The van der Waals surface area contributed by atoms with Gasteiger partial charge in [-0.3, -0.25) is 4.72 Å². The standard InChI is InChI=1S/C10H13NO2S/c1-8(2)11-14(12,13)10-6-4-9(3)5-7-10/h4-7,11H,1H2,2-3H3. The minimum absolute atomic E-state index is 0.256. The fourth-order valence-electron chi connectivity index (χ4n) is 1.01. The van der Waals surface area contributed by atoms with Crippen LogP contribution in [0.4, 0.5) is 0 Å². The molecule has 0 heterocycles. The van der Waals surface area contributed by atoms with Crippen LogP contribution in [-0.4, -0.2) is 8.42 Å². The molecule has 4 heteroatoms. The van der Waals surface area contributed by atoms with Gasteiger partial charge in [0, 0.05) is 5.70 Å². The second-order valence-electron chi connectivity index (χ2n) is 3.20. The average molecular weight is 211 g/mol. The van der Waals surface area contributed by atoms with Gasteiger partial charge in [0.2, 0.25) is 0 Å². The van der Waals surface area contributed by atoms with Crippen molar-refractivity contribution in [2.75, 3.05) is 0 Å². The third kappa shape index (κ3) is 2.60. The summed E-state index contributed by atoms with van der Waals surface area (Å²) in [6.45, 7) is 7.00. The lowest BCUT2D eigenvalue weighted by molar-refractivity contribution is 0.589. The predicted octanol–water partition coefficient (Wildman–Crippen LogP) is 1.81. The summed E-state index contributed by atoms with van der Waals surface area (Å²) >= 11 is 0. The van der Waals surface area contributed by atoms with Crippen molar-refractivity contribution in [2.24, 2.45) is 0 Å². The number of sulfonamides is 1. The van der Waals surface area contributed by atoms with E-state index in [-0.39, 0.29) is 4.90 Å². The molecule has 3 nitrogen and oxygen atoms in total. The number of benzene rings is 1. The van der Waals surface area contributed by atoms with E-state index in [4.69, 9.17) is 0 Å². The zero-order valence-electron chi connectivity index (χ0n) is 8.24. The Labute approximate surface area is 84.5 Å². The van der Waals surface area contributed by atoms with Crippen molar-refractivity contribution in [3.05, 3.63) is 42.1 Å². The second-order valence-corrected chi connectivity index (χ2v) is 4.88. The van der Waals surface area contributed by atoms with Crippen molar-refractivity contribution in [3.8, 4) is 0 Å². The first kappa shape index (κ1) is 10.8. The van der Waals surface area contributed by atoms with Crippen LogP contribution in [0.25, 0.3) is 0 Å². The smallest absolute Gasteiger partial charge is 0.261 e. The van der Waals surface area contributed by atoms with Gasteiger partial charge in [-0.15, -0.1) is 0 Å². The number of rotatable bonds is 3. The van der Waals surface area contributed by atoms with E-state index in [0.29, 0.717) is 5.70 Å². The molecule has 0 fully saturated rings. The molecule has 0 aliphatic carbocycles. The van der Waals surface area contributed by atoms with Gasteiger partial charge in [-0.1, -0.05) is 24.3 Å². The van der Waals surface area contributed by atoms with Crippen LogP contribution in [0.15, 0.2) is 41.4 Å². The van der Waals surface area contributed by atoms with Gasteiger partial charge in [0.15, 0.2) is 0 Å². The lowest BCUT2D eigenvalue weighted by atomic mass is 10.2. The Morgan fingerprint density at radius 2 is 1.79 bits per heavy atom. The van der Waals surface area contributed by atoms with Gasteiger partial charge < -0.3 is 0 Å². The highest BCUT2D eigenvalue weighted by atomic mass is 32.2. The van der Waals surface area contributed by atoms with Crippen molar-refractivity contribution in [2.45, 2.75) is 18.7 Å². The molecule has 1 aromatic carbocycles. The van der Waals surface area contributed by atoms with Crippen LogP contribution in [0.5, 0.6) is 0 Å². The van der Waals surface area contributed by atoms with Crippen molar-refractivity contribution in [3.63, 3.8) is 0 Å². The van der Waals surface area contributed by atoms with Crippen LogP contribution in [0.3, 0.4) is 0 Å². The summed E-state index contributed by atoms with van der Waals surface area (Å²) in [6, 6.07) is 6.65. The average Bonchev–Trinajstić information content (AvgIpc) is 2.02. The summed E-state index contributed by atoms with van der Waals surface area (Å²) in [4.78, 5) is 0.256. The molecule has 0 aliphatic heterocycles. The molecular formula is C10H13NO2S. The highest BCUT2D eigenvalue weighted by molar-refractivity contribution is 7.89. The van der Waals surface area contributed by atoms with Crippen LogP contribution in [0, 0.1) is 6.92 Å². The van der Waals surface area contributed by atoms with Gasteiger partial charge in [-0.05, 0) is 26.0 Å². The Morgan fingerprint density at radius 3 is 2.21 bits per heavy atom. The fourth-order valence-corrected chi connectivity index (χ4v) is 2.08. The van der Waals surface area contributed by atoms with E-state index in [9.17, 15) is 8.42 Å². The highest BCUT2D eigenvalue weighted by Gasteiger charge is 2.12. The Balaban J connectivity index is 3.05. The topological polar surface area (TPSA) is 46.2 Å². The maximum absolute atomic E-state index is 11.6. The van der Waals surface area contributed by atoms with Crippen molar-refractivity contribution in [1.29, 1.82) is 0 Å². The monoisotopic (exact) mass is 211 g/mol. The largest absolute Gasteiger partial charge is 0.284 e. The molecule has 0 saturated carbocycles. The van der Waals surface area contributed by atoms with Gasteiger partial charge in [0.05, 0.1) is 4.90 Å². The van der Waals surface area contributed by atoms with E-state index in [1.165, 1.54) is 0 Å². The third-order valence-electron chi connectivity index (χ3n) is 1.64. The number of hydrogen-bond acceptors (Lipinski definition) is 2. The summed E-state index contributed by atoms with van der Waals surface area (Å²) < 4.78 is 25.5.